The maximum absolute atomic E-state index is 9.47. The first-order valence-corrected chi connectivity index (χ1v) is 3.88. The lowest BCUT2D eigenvalue weighted by Gasteiger charge is -2.14. The first kappa shape index (κ1) is 9.97. The van der Waals surface area contributed by atoms with Gasteiger partial charge in [-0.2, -0.15) is 0 Å². The topological polar surface area (TPSA) is 123 Å². The Hall–Kier alpha value is -2.11. The Bertz CT molecular complexity index is 388. The minimum Gasteiger partial charge on any atom is -0.504 e. The number of phenolic OH excluding ortho intramolecular Hbond substituents is 1. The molecular weight excluding hydrogens is 182 g/mol. The smallest absolute Gasteiger partial charge is 0.166 e. The van der Waals surface area contributed by atoms with E-state index in [9.17, 15) is 5.11 Å². The highest BCUT2D eigenvalue weighted by atomic mass is 16.3. The van der Waals surface area contributed by atoms with Gasteiger partial charge >= 0.3 is 0 Å². The standard InChI is InChI=1S/C8H13N5O/c1-12-6-3(9)4(10)8(14)5(11)7(6)13-2/h12,14H,2,9-11H2,1H3. The van der Waals surface area contributed by atoms with Crippen LogP contribution in [0.25, 0.3) is 0 Å². The van der Waals surface area contributed by atoms with Crippen LogP contribution in [0.15, 0.2) is 4.99 Å². The molecule has 0 aliphatic rings. The van der Waals surface area contributed by atoms with Crippen LogP contribution >= 0.6 is 0 Å². The average molecular weight is 195 g/mol. The van der Waals surface area contributed by atoms with Crippen LogP contribution in [0.4, 0.5) is 28.4 Å². The molecule has 0 aliphatic heterocycles. The molecule has 0 unspecified atom stereocenters. The molecule has 0 amide bonds. The molecule has 0 saturated carbocycles. The number of nitrogens with two attached hydrogens (primary N) is 3. The molecule has 1 aromatic rings. The number of phenols is 1. The fourth-order valence-electron chi connectivity index (χ4n) is 1.20. The maximum Gasteiger partial charge on any atom is 0.166 e. The summed E-state index contributed by atoms with van der Waals surface area (Å²) in [6.45, 7) is 3.33. The van der Waals surface area contributed by atoms with Gasteiger partial charge in [0.25, 0.3) is 0 Å². The number of nitrogens with one attached hydrogen (secondary N) is 1. The Kier molecular flexibility index (Phi) is 2.37. The van der Waals surface area contributed by atoms with Gasteiger partial charge in [0.05, 0.1) is 11.4 Å². The SMILES string of the molecule is C=Nc1c(N)c(O)c(N)c(N)c1NC. The molecule has 6 nitrogen and oxygen atoms in total. The first-order valence-electron chi connectivity index (χ1n) is 3.88. The Morgan fingerprint density at radius 2 is 1.79 bits per heavy atom. The highest BCUT2D eigenvalue weighted by Gasteiger charge is 2.17. The van der Waals surface area contributed by atoms with E-state index in [0.29, 0.717) is 11.4 Å². The zero-order valence-corrected chi connectivity index (χ0v) is 7.83. The summed E-state index contributed by atoms with van der Waals surface area (Å²) in [5, 5.41) is 12.3. The van der Waals surface area contributed by atoms with Gasteiger partial charge in [0.1, 0.15) is 17.1 Å². The van der Waals surface area contributed by atoms with Crippen LogP contribution < -0.4 is 22.5 Å². The van der Waals surface area contributed by atoms with Crippen molar-refractivity contribution in [3.8, 4) is 5.75 Å². The van der Waals surface area contributed by atoms with Crippen LogP contribution in [0.1, 0.15) is 0 Å². The fourth-order valence-corrected chi connectivity index (χ4v) is 1.20. The average Bonchev–Trinajstić information content (AvgIpc) is 2.20. The van der Waals surface area contributed by atoms with E-state index in [2.05, 4.69) is 17.0 Å². The van der Waals surface area contributed by atoms with E-state index in [0.717, 1.165) is 0 Å². The molecule has 0 atom stereocenters. The number of aromatic hydroxyl groups is 1. The summed E-state index contributed by atoms with van der Waals surface area (Å²) < 4.78 is 0. The van der Waals surface area contributed by atoms with Gasteiger partial charge in [-0.05, 0) is 6.72 Å². The second kappa shape index (κ2) is 3.33. The quantitative estimate of drug-likeness (QED) is 0.204. The van der Waals surface area contributed by atoms with Gasteiger partial charge in [-0.25, -0.2) is 0 Å². The summed E-state index contributed by atoms with van der Waals surface area (Å²) in [5.74, 6) is -0.260. The van der Waals surface area contributed by atoms with Gasteiger partial charge in [0.2, 0.25) is 0 Å². The second-order valence-electron chi connectivity index (χ2n) is 2.72. The molecule has 0 saturated heterocycles. The number of hydrogen-bond donors (Lipinski definition) is 5. The van der Waals surface area contributed by atoms with E-state index >= 15 is 0 Å². The van der Waals surface area contributed by atoms with Crippen molar-refractivity contribution in [3.05, 3.63) is 0 Å². The van der Waals surface area contributed by atoms with Crippen LogP contribution in [0.5, 0.6) is 5.75 Å². The predicted octanol–water partition coefficient (Wildman–Crippen LogP) is 0.513. The lowest BCUT2D eigenvalue weighted by Crippen LogP contribution is -2.03. The Labute approximate surface area is 81.4 Å². The van der Waals surface area contributed by atoms with E-state index in [1.165, 1.54) is 0 Å². The van der Waals surface area contributed by atoms with Crippen molar-refractivity contribution in [1.82, 2.24) is 0 Å². The number of nitrogen functional groups attached to an aromatic ring is 3. The fraction of sp³-hybridized carbons (Fsp3) is 0.125. The molecular formula is C8H13N5O. The summed E-state index contributed by atoms with van der Waals surface area (Å²) in [6.07, 6.45) is 0. The lowest BCUT2D eigenvalue weighted by atomic mass is 10.1. The minimum absolute atomic E-state index is 0.0410. The molecule has 1 aromatic carbocycles. The van der Waals surface area contributed by atoms with Crippen molar-refractivity contribution < 1.29 is 5.11 Å². The molecule has 0 spiro atoms. The Balaban J connectivity index is 3.65. The van der Waals surface area contributed by atoms with Gasteiger partial charge in [-0.15, -0.1) is 0 Å². The summed E-state index contributed by atoms with van der Waals surface area (Å²) in [6, 6.07) is 0. The molecule has 8 N–H and O–H groups in total. The van der Waals surface area contributed by atoms with Crippen molar-refractivity contribution in [3.63, 3.8) is 0 Å². The third-order valence-electron chi connectivity index (χ3n) is 1.97. The first-order chi connectivity index (χ1) is 6.54. The van der Waals surface area contributed by atoms with E-state index in [-0.39, 0.29) is 22.8 Å². The normalized spacial score (nSPS) is 9.79. The molecule has 1 rings (SSSR count). The van der Waals surface area contributed by atoms with Gasteiger partial charge in [0.15, 0.2) is 5.75 Å². The van der Waals surface area contributed by atoms with Gasteiger partial charge in [0, 0.05) is 7.05 Å². The number of aliphatic imine (C=N–C) groups is 1. The summed E-state index contributed by atoms with van der Waals surface area (Å²) in [7, 11) is 1.65. The van der Waals surface area contributed by atoms with Gasteiger partial charge in [-0.1, -0.05) is 0 Å². The number of anilines is 4. The van der Waals surface area contributed by atoms with E-state index < -0.39 is 0 Å². The molecule has 0 bridgehead atoms. The molecule has 76 valence electrons. The highest BCUT2D eigenvalue weighted by Crippen LogP contribution is 2.47. The molecule has 14 heavy (non-hydrogen) atoms. The molecule has 0 aromatic heterocycles. The van der Waals surface area contributed by atoms with Crippen molar-refractivity contribution in [2.75, 3.05) is 29.6 Å². The number of rotatable bonds is 2. The lowest BCUT2D eigenvalue weighted by molar-refractivity contribution is 0.481. The summed E-state index contributed by atoms with van der Waals surface area (Å²) in [5.41, 5.74) is 17.8. The second-order valence-corrected chi connectivity index (χ2v) is 2.72. The van der Waals surface area contributed by atoms with Crippen LogP contribution in [-0.4, -0.2) is 18.9 Å². The van der Waals surface area contributed by atoms with Crippen LogP contribution in [0.2, 0.25) is 0 Å². The maximum atomic E-state index is 9.47. The highest BCUT2D eigenvalue weighted by molar-refractivity contribution is 5.99. The van der Waals surface area contributed by atoms with Crippen molar-refractivity contribution in [1.29, 1.82) is 0 Å². The van der Waals surface area contributed by atoms with E-state index in [4.69, 9.17) is 17.2 Å². The zero-order valence-electron chi connectivity index (χ0n) is 7.83. The molecule has 0 fully saturated rings. The van der Waals surface area contributed by atoms with E-state index in [1.807, 2.05) is 0 Å². The summed E-state index contributed by atoms with van der Waals surface area (Å²) >= 11 is 0. The minimum atomic E-state index is -0.260. The van der Waals surface area contributed by atoms with Gasteiger partial charge < -0.3 is 27.6 Å². The van der Waals surface area contributed by atoms with E-state index in [1.54, 1.807) is 7.05 Å². The Morgan fingerprint density at radius 1 is 1.21 bits per heavy atom. The predicted molar refractivity (Wildman–Crippen MR) is 60.1 cm³/mol. The van der Waals surface area contributed by atoms with Crippen molar-refractivity contribution in [2.45, 2.75) is 0 Å². The van der Waals surface area contributed by atoms with Crippen LogP contribution in [-0.2, 0) is 0 Å². The van der Waals surface area contributed by atoms with Crippen LogP contribution in [0.3, 0.4) is 0 Å². The van der Waals surface area contributed by atoms with Gasteiger partial charge in [-0.3, -0.25) is 4.99 Å². The largest absolute Gasteiger partial charge is 0.504 e. The monoisotopic (exact) mass is 195 g/mol. The van der Waals surface area contributed by atoms with Crippen molar-refractivity contribution >= 4 is 35.2 Å². The third kappa shape index (κ3) is 1.17. The molecule has 6 heteroatoms. The molecule has 0 aliphatic carbocycles. The van der Waals surface area contributed by atoms with Crippen LogP contribution in [0, 0.1) is 0 Å². The Morgan fingerprint density at radius 3 is 2.21 bits per heavy atom. The number of benzene rings is 1. The molecule has 0 radical (unpaired) electrons. The summed E-state index contributed by atoms with van der Waals surface area (Å²) in [4.78, 5) is 3.67. The van der Waals surface area contributed by atoms with Crippen molar-refractivity contribution in [2.24, 2.45) is 4.99 Å². The zero-order chi connectivity index (χ0) is 10.9. The number of hydrogen-bond acceptors (Lipinski definition) is 6. The number of nitrogens with zero attached hydrogens (tertiary/aromatic N) is 1. The molecule has 0 heterocycles. The third-order valence-corrected chi connectivity index (χ3v) is 1.97.